The summed E-state index contributed by atoms with van der Waals surface area (Å²) >= 11 is 0. The molecule has 3 N–H and O–H groups in total. The number of benzene rings is 1. The van der Waals surface area contributed by atoms with Crippen molar-refractivity contribution < 1.29 is 14.3 Å². The molecule has 7 heteroatoms. The number of rotatable bonds is 7. The first-order valence-electron chi connectivity index (χ1n) is 11.3. The van der Waals surface area contributed by atoms with Gasteiger partial charge in [0.15, 0.2) is 0 Å². The number of carbonyl (C=O) groups is 2. The summed E-state index contributed by atoms with van der Waals surface area (Å²) in [5.41, 5.74) is 8.71. The lowest BCUT2D eigenvalue weighted by Crippen LogP contribution is -2.52. The van der Waals surface area contributed by atoms with Crippen LogP contribution in [0.5, 0.6) is 0 Å². The smallest absolute Gasteiger partial charge is 0.414 e. The van der Waals surface area contributed by atoms with E-state index in [1.807, 2.05) is 37.8 Å². The Morgan fingerprint density at radius 1 is 1.20 bits per heavy atom. The Morgan fingerprint density at radius 3 is 2.53 bits per heavy atom. The molecule has 30 heavy (non-hydrogen) atoms. The molecule has 2 atom stereocenters. The quantitative estimate of drug-likeness (QED) is 0.716. The van der Waals surface area contributed by atoms with Gasteiger partial charge in [0.25, 0.3) is 0 Å². The molecule has 7 nitrogen and oxygen atoms in total. The molecule has 1 heterocycles. The normalized spacial score (nSPS) is 22.1. The Bertz CT molecular complexity index is 804. The number of nitrogens with zero attached hydrogens (tertiary/aromatic N) is 2. The first-order chi connectivity index (χ1) is 14.4. The highest BCUT2D eigenvalue weighted by molar-refractivity contribution is 6.04. The van der Waals surface area contributed by atoms with Crippen LogP contribution < -0.4 is 20.9 Å². The minimum Gasteiger partial charge on any atom is -0.446 e. The van der Waals surface area contributed by atoms with Gasteiger partial charge in [-0.25, -0.2) is 4.79 Å². The number of nitrogens with two attached hydrogens (primary N) is 1. The fraction of sp³-hybridized carbons (Fsp3) is 0.652. The highest BCUT2D eigenvalue weighted by Crippen LogP contribution is 2.42. The average molecular weight is 415 g/mol. The van der Waals surface area contributed by atoms with Crippen LogP contribution in [0.25, 0.3) is 0 Å². The SMILES string of the molecule is CC(C)OC(=O)N1C[C@H](C)N(C(=O)C2CC2)c2ccc(C(CN)CNC3CC3)cc21. The van der Waals surface area contributed by atoms with E-state index in [4.69, 9.17) is 10.5 Å². The zero-order chi connectivity index (χ0) is 21.4. The van der Waals surface area contributed by atoms with Crippen molar-refractivity contribution in [3.8, 4) is 0 Å². The van der Waals surface area contributed by atoms with Crippen LogP contribution in [0.1, 0.15) is 57.9 Å². The van der Waals surface area contributed by atoms with Gasteiger partial charge >= 0.3 is 6.09 Å². The Kier molecular flexibility index (Phi) is 6.02. The van der Waals surface area contributed by atoms with E-state index in [0.29, 0.717) is 19.1 Å². The molecular weight excluding hydrogens is 380 g/mol. The second-order valence-corrected chi connectivity index (χ2v) is 9.24. The number of anilines is 2. The lowest BCUT2D eigenvalue weighted by molar-refractivity contribution is -0.120. The molecule has 3 aliphatic rings. The van der Waals surface area contributed by atoms with Crippen molar-refractivity contribution in [2.45, 2.75) is 70.6 Å². The van der Waals surface area contributed by atoms with E-state index in [9.17, 15) is 9.59 Å². The van der Waals surface area contributed by atoms with Crippen LogP contribution in [-0.2, 0) is 9.53 Å². The molecule has 1 aromatic carbocycles. The lowest BCUT2D eigenvalue weighted by Gasteiger charge is -2.41. The van der Waals surface area contributed by atoms with E-state index in [1.165, 1.54) is 12.8 Å². The van der Waals surface area contributed by atoms with Gasteiger partial charge in [-0.1, -0.05) is 6.07 Å². The third kappa shape index (κ3) is 4.47. The zero-order valence-corrected chi connectivity index (χ0v) is 18.3. The topological polar surface area (TPSA) is 87.9 Å². The van der Waals surface area contributed by atoms with Crippen molar-refractivity contribution in [3.63, 3.8) is 0 Å². The second-order valence-electron chi connectivity index (χ2n) is 9.24. The predicted octanol–water partition coefficient (Wildman–Crippen LogP) is 2.98. The maximum Gasteiger partial charge on any atom is 0.414 e. The largest absolute Gasteiger partial charge is 0.446 e. The van der Waals surface area contributed by atoms with Crippen LogP contribution in [0.4, 0.5) is 16.2 Å². The summed E-state index contributed by atoms with van der Waals surface area (Å²) in [4.78, 5) is 29.5. The standard InChI is InChI=1S/C23H34N4O3/c1-14(2)30-23(29)26-13-15(3)27(22(28)16-4-5-16)20-9-6-17(10-21(20)26)18(11-24)12-25-19-7-8-19/h6,9-10,14-16,18-19,25H,4-5,7-8,11-13,24H2,1-3H3/t15-,18?/m0/s1. The number of amides is 2. The fourth-order valence-corrected chi connectivity index (χ4v) is 4.13. The summed E-state index contributed by atoms with van der Waals surface area (Å²) < 4.78 is 5.51. The number of hydrogen-bond donors (Lipinski definition) is 2. The second kappa shape index (κ2) is 8.55. The predicted molar refractivity (Wildman–Crippen MR) is 118 cm³/mol. The van der Waals surface area contributed by atoms with E-state index in [-0.39, 0.29) is 36.0 Å². The van der Waals surface area contributed by atoms with E-state index < -0.39 is 0 Å². The van der Waals surface area contributed by atoms with Crippen molar-refractivity contribution in [2.75, 3.05) is 29.4 Å². The van der Waals surface area contributed by atoms with E-state index in [2.05, 4.69) is 11.4 Å². The Hall–Kier alpha value is -2.12. The summed E-state index contributed by atoms with van der Waals surface area (Å²) in [6.07, 6.45) is 3.80. The molecule has 2 fully saturated rings. The number of nitrogens with one attached hydrogen (secondary N) is 1. The average Bonchev–Trinajstić information content (AvgIpc) is 3.60. The maximum absolute atomic E-state index is 13.0. The third-order valence-corrected chi connectivity index (χ3v) is 6.14. The third-order valence-electron chi connectivity index (χ3n) is 6.14. The number of hydrogen-bond acceptors (Lipinski definition) is 5. The molecule has 164 valence electrons. The monoisotopic (exact) mass is 414 g/mol. The minimum absolute atomic E-state index is 0.0991. The molecule has 1 aromatic rings. The number of carbonyl (C=O) groups excluding carboxylic acids is 2. The molecule has 0 saturated heterocycles. The van der Waals surface area contributed by atoms with Gasteiger partial charge in [0.1, 0.15) is 0 Å². The molecule has 2 amide bonds. The molecule has 1 unspecified atom stereocenters. The van der Waals surface area contributed by atoms with E-state index in [0.717, 1.165) is 36.3 Å². The first kappa shape index (κ1) is 21.1. The Balaban J connectivity index is 1.67. The van der Waals surface area contributed by atoms with Gasteiger partial charge in [0.2, 0.25) is 5.91 Å². The van der Waals surface area contributed by atoms with Gasteiger partial charge in [-0.3, -0.25) is 9.69 Å². The van der Waals surface area contributed by atoms with Gasteiger partial charge in [0, 0.05) is 37.5 Å². The Labute approximate surface area is 178 Å². The summed E-state index contributed by atoms with van der Waals surface area (Å²) in [5.74, 6) is 0.443. The van der Waals surface area contributed by atoms with E-state index in [1.54, 1.807) is 4.90 Å². The molecule has 2 aliphatic carbocycles. The Morgan fingerprint density at radius 2 is 1.93 bits per heavy atom. The van der Waals surface area contributed by atoms with Crippen molar-refractivity contribution in [1.82, 2.24) is 5.32 Å². The molecule has 0 bridgehead atoms. The van der Waals surface area contributed by atoms with Crippen LogP contribution in [-0.4, -0.2) is 49.8 Å². The van der Waals surface area contributed by atoms with E-state index >= 15 is 0 Å². The van der Waals surface area contributed by atoms with Crippen molar-refractivity contribution in [3.05, 3.63) is 23.8 Å². The molecule has 2 saturated carbocycles. The molecule has 4 rings (SSSR count). The van der Waals surface area contributed by atoms with Crippen LogP contribution >= 0.6 is 0 Å². The summed E-state index contributed by atoms with van der Waals surface area (Å²) in [5, 5.41) is 3.55. The zero-order valence-electron chi connectivity index (χ0n) is 18.3. The van der Waals surface area contributed by atoms with Gasteiger partial charge < -0.3 is 20.7 Å². The maximum atomic E-state index is 13.0. The van der Waals surface area contributed by atoms with Gasteiger partial charge in [-0.2, -0.15) is 0 Å². The van der Waals surface area contributed by atoms with Crippen LogP contribution in [0.3, 0.4) is 0 Å². The van der Waals surface area contributed by atoms with Crippen LogP contribution in [0.15, 0.2) is 18.2 Å². The fourth-order valence-electron chi connectivity index (χ4n) is 4.13. The summed E-state index contributed by atoms with van der Waals surface area (Å²) in [6.45, 7) is 7.45. The van der Waals surface area contributed by atoms with Crippen molar-refractivity contribution in [1.29, 1.82) is 0 Å². The molecule has 1 aliphatic heterocycles. The van der Waals surface area contributed by atoms with Gasteiger partial charge in [-0.15, -0.1) is 0 Å². The molecule has 0 aromatic heterocycles. The van der Waals surface area contributed by atoms with Crippen LogP contribution in [0, 0.1) is 5.92 Å². The summed E-state index contributed by atoms with van der Waals surface area (Å²) in [7, 11) is 0. The molecule has 0 radical (unpaired) electrons. The van der Waals surface area contributed by atoms with Crippen LogP contribution in [0.2, 0.25) is 0 Å². The summed E-state index contributed by atoms with van der Waals surface area (Å²) in [6, 6.07) is 6.58. The first-order valence-corrected chi connectivity index (χ1v) is 11.3. The number of ether oxygens (including phenoxy) is 1. The van der Waals surface area contributed by atoms with Gasteiger partial charge in [0.05, 0.1) is 23.5 Å². The lowest BCUT2D eigenvalue weighted by atomic mass is 9.96. The van der Waals surface area contributed by atoms with Crippen molar-refractivity contribution >= 4 is 23.4 Å². The number of fused-ring (bicyclic) bond motifs is 1. The molecule has 0 spiro atoms. The highest BCUT2D eigenvalue weighted by atomic mass is 16.6. The molecular formula is C23H34N4O3. The highest BCUT2D eigenvalue weighted by Gasteiger charge is 2.41. The van der Waals surface area contributed by atoms with Crippen molar-refractivity contribution in [2.24, 2.45) is 11.7 Å². The van der Waals surface area contributed by atoms with Gasteiger partial charge in [-0.05, 0) is 64.2 Å². The minimum atomic E-state index is -0.367.